The molecule has 31 heavy (non-hydrogen) atoms. The van der Waals surface area contributed by atoms with E-state index in [-0.39, 0.29) is 10.8 Å². The Morgan fingerprint density at radius 3 is 2.61 bits per heavy atom. The number of carbonyl (C=O) groups excluding carboxylic acids is 1. The molecule has 158 valence electrons. The number of rotatable bonds is 5. The summed E-state index contributed by atoms with van der Waals surface area (Å²) in [5, 5.41) is 18.1. The molecular weight excluding hydrogens is 440 g/mol. The molecule has 2 heterocycles. The summed E-state index contributed by atoms with van der Waals surface area (Å²) in [6.07, 6.45) is 3.30. The van der Waals surface area contributed by atoms with Gasteiger partial charge in [0.05, 0.1) is 15.5 Å². The number of primary sulfonamides is 1. The van der Waals surface area contributed by atoms with Crippen molar-refractivity contribution < 1.29 is 18.3 Å². The van der Waals surface area contributed by atoms with Crippen molar-refractivity contribution in [2.45, 2.75) is 11.4 Å². The topological polar surface area (TPSA) is 144 Å². The summed E-state index contributed by atoms with van der Waals surface area (Å²) in [4.78, 5) is 28.7. The van der Waals surface area contributed by atoms with Crippen molar-refractivity contribution >= 4 is 56.5 Å². The highest BCUT2D eigenvalue weighted by Gasteiger charge is 2.18. The van der Waals surface area contributed by atoms with E-state index in [0.717, 1.165) is 32.7 Å². The van der Waals surface area contributed by atoms with Crippen molar-refractivity contribution in [2.75, 3.05) is 5.32 Å². The number of nitrogens with one attached hydrogen (secondary N) is 1. The minimum Gasteiger partial charge on any atom is -0.493 e. The maximum absolute atomic E-state index is 12.3. The van der Waals surface area contributed by atoms with Crippen LogP contribution in [0, 0.1) is 0 Å². The number of aromatic nitrogens is 1. The van der Waals surface area contributed by atoms with Crippen LogP contribution in [-0.4, -0.2) is 30.2 Å². The molecule has 4 N–H and O–H groups in total. The standard InChI is InChI=1S/C20H16N4O5S2/c21-31(28,29)14-7-5-13(6-8-14)23-18(25)11-24-19(26)17(30-20(24)27)9-12-10-22-16-4-2-1-3-15(12)16/h1-10,26H,11H2,(H,23,25)(H2,21,28,29)/b12-9+. The lowest BCUT2D eigenvalue weighted by Crippen LogP contribution is -2.24. The number of carbonyl (C=O) groups is 1. The zero-order valence-electron chi connectivity index (χ0n) is 15.8. The average Bonchev–Trinajstić information content (AvgIpc) is 3.24. The maximum Gasteiger partial charge on any atom is 0.311 e. The summed E-state index contributed by atoms with van der Waals surface area (Å²) in [7, 11) is -3.84. The molecule has 0 spiro atoms. The van der Waals surface area contributed by atoms with Crippen molar-refractivity contribution in [3.8, 4) is 5.88 Å². The molecule has 1 amide bonds. The molecule has 1 aliphatic rings. The Balaban J connectivity index is 1.52. The van der Waals surface area contributed by atoms with Gasteiger partial charge in [0.1, 0.15) is 6.54 Å². The number of para-hydroxylation sites is 1. The normalized spacial score (nSPS) is 14.0. The Morgan fingerprint density at radius 1 is 1.19 bits per heavy atom. The first-order chi connectivity index (χ1) is 14.7. The van der Waals surface area contributed by atoms with Crippen LogP contribution in [0.25, 0.3) is 11.6 Å². The highest BCUT2D eigenvalue weighted by molar-refractivity contribution is 7.89. The summed E-state index contributed by atoms with van der Waals surface area (Å²) < 4.78 is 23.5. The zero-order valence-corrected chi connectivity index (χ0v) is 17.5. The smallest absolute Gasteiger partial charge is 0.311 e. The van der Waals surface area contributed by atoms with Crippen LogP contribution in [0.15, 0.2) is 63.2 Å². The summed E-state index contributed by atoms with van der Waals surface area (Å²) >= 11 is 0.814. The number of amides is 1. The molecule has 2 aromatic carbocycles. The minimum atomic E-state index is -3.84. The molecule has 0 unspecified atom stereocenters. The van der Waals surface area contributed by atoms with E-state index in [1.807, 2.05) is 24.3 Å². The molecule has 0 saturated heterocycles. The molecule has 0 aliphatic carbocycles. The van der Waals surface area contributed by atoms with Crippen LogP contribution in [0.5, 0.6) is 5.88 Å². The van der Waals surface area contributed by atoms with Gasteiger partial charge in [-0.2, -0.15) is 0 Å². The van der Waals surface area contributed by atoms with Gasteiger partial charge in [-0.15, -0.1) is 0 Å². The van der Waals surface area contributed by atoms with E-state index >= 15 is 0 Å². The van der Waals surface area contributed by atoms with Crippen molar-refractivity contribution in [3.63, 3.8) is 0 Å². The number of hydrogen-bond donors (Lipinski definition) is 3. The van der Waals surface area contributed by atoms with Crippen molar-refractivity contribution in [1.82, 2.24) is 4.57 Å². The van der Waals surface area contributed by atoms with E-state index in [4.69, 9.17) is 5.14 Å². The van der Waals surface area contributed by atoms with E-state index < -0.39 is 27.3 Å². The van der Waals surface area contributed by atoms with Crippen LogP contribution in [0.4, 0.5) is 11.4 Å². The van der Waals surface area contributed by atoms with E-state index in [2.05, 4.69) is 10.3 Å². The van der Waals surface area contributed by atoms with Crippen molar-refractivity contribution in [3.05, 3.63) is 68.6 Å². The van der Waals surface area contributed by atoms with Gasteiger partial charge >= 0.3 is 4.87 Å². The van der Waals surface area contributed by atoms with Gasteiger partial charge in [-0.1, -0.05) is 29.5 Å². The SMILES string of the molecule is NS(=O)(=O)c1ccc(NC(=O)Cn2c(O)c(/C=C3\C=Nc4ccccc43)sc2=O)cc1. The Bertz CT molecular complexity index is 1400. The van der Waals surface area contributed by atoms with Gasteiger partial charge in [-0.25, -0.2) is 13.6 Å². The summed E-state index contributed by atoms with van der Waals surface area (Å²) in [5.74, 6) is -0.884. The molecule has 1 aromatic heterocycles. The highest BCUT2D eigenvalue weighted by atomic mass is 32.2. The Hall–Kier alpha value is -3.54. The molecule has 0 saturated carbocycles. The highest BCUT2D eigenvalue weighted by Crippen LogP contribution is 2.34. The average molecular weight is 457 g/mol. The number of aromatic hydroxyl groups is 1. The molecular formula is C20H16N4O5S2. The quantitative estimate of drug-likeness (QED) is 0.539. The van der Waals surface area contributed by atoms with Crippen LogP contribution in [0.1, 0.15) is 10.4 Å². The summed E-state index contributed by atoms with van der Waals surface area (Å²) in [5.41, 5.74) is 2.75. The van der Waals surface area contributed by atoms with Gasteiger partial charge in [0, 0.05) is 23.0 Å². The fourth-order valence-electron chi connectivity index (χ4n) is 3.02. The largest absolute Gasteiger partial charge is 0.493 e. The number of anilines is 1. The fourth-order valence-corrected chi connectivity index (χ4v) is 4.37. The minimum absolute atomic E-state index is 0.0908. The zero-order chi connectivity index (χ0) is 22.2. The third-order valence-corrected chi connectivity index (χ3v) is 6.35. The van der Waals surface area contributed by atoms with E-state index in [9.17, 15) is 23.1 Å². The Morgan fingerprint density at radius 2 is 1.90 bits per heavy atom. The van der Waals surface area contributed by atoms with Crippen LogP contribution in [0.3, 0.4) is 0 Å². The number of nitrogens with two attached hydrogens (primary N) is 1. The van der Waals surface area contributed by atoms with Gasteiger partial charge in [0.15, 0.2) is 0 Å². The predicted octanol–water partition coefficient (Wildman–Crippen LogP) is 2.16. The first kappa shape index (κ1) is 20.7. The number of allylic oxidation sites excluding steroid dienone is 1. The monoisotopic (exact) mass is 456 g/mol. The number of nitrogens with zero attached hydrogens (tertiary/aromatic N) is 2. The van der Waals surface area contributed by atoms with Crippen LogP contribution in [0.2, 0.25) is 0 Å². The lowest BCUT2D eigenvalue weighted by molar-refractivity contribution is -0.116. The number of hydrogen-bond acceptors (Lipinski definition) is 7. The lowest BCUT2D eigenvalue weighted by atomic mass is 10.1. The van der Waals surface area contributed by atoms with Gasteiger partial charge in [0.2, 0.25) is 21.8 Å². The van der Waals surface area contributed by atoms with Gasteiger partial charge in [0.25, 0.3) is 0 Å². The Labute approximate surface area is 180 Å². The molecule has 0 bridgehead atoms. The van der Waals surface area contributed by atoms with Gasteiger partial charge in [-0.05, 0) is 36.4 Å². The number of sulfonamides is 1. The molecule has 9 nitrogen and oxygen atoms in total. The van der Waals surface area contributed by atoms with Gasteiger partial charge < -0.3 is 10.4 Å². The second-order valence-corrected chi connectivity index (χ2v) is 9.19. The molecule has 0 radical (unpaired) electrons. The van der Waals surface area contributed by atoms with E-state index in [1.165, 1.54) is 24.3 Å². The number of fused-ring (bicyclic) bond motifs is 1. The number of thiazole rings is 1. The van der Waals surface area contributed by atoms with Crippen LogP contribution in [-0.2, 0) is 21.4 Å². The third-order valence-electron chi connectivity index (χ3n) is 4.51. The van der Waals surface area contributed by atoms with Gasteiger partial charge in [-0.3, -0.25) is 19.1 Å². The van der Waals surface area contributed by atoms with E-state index in [0.29, 0.717) is 10.6 Å². The molecule has 4 rings (SSSR count). The van der Waals surface area contributed by atoms with Crippen molar-refractivity contribution in [1.29, 1.82) is 0 Å². The predicted molar refractivity (Wildman–Crippen MR) is 119 cm³/mol. The molecule has 0 fully saturated rings. The molecule has 3 aromatic rings. The van der Waals surface area contributed by atoms with Crippen LogP contribution < -0.4 is 15.3 Å². The molecule has 11 heteroatoms. The lowest BCUT2D eigenvalue weighted by Gasteiger charge is -2.07. The Kier molecular flexibility index (Phi) is 5.31. The first-order valence-electron chi connectivity index (χ1n) is 8.93. The third kappa shape index (κ3) is 4.33. The molecule has 1 aliphatic heterocycles. The van der Waals surface area contributed by atoms with Crippen LogP contribution >= 0.6 is 11.3 Å². The fraction of sp³-hybridized carbons (Fsp3) is 0.0500. The summed E-state index contributed by atoms with van der Waals surface area (Å²) in [6.45, 7) is -0.411. The first-order valence-corrected chi connectivity index (χ1v) is 11.3. The number of benzene rings is 2. The second-order valence-electron chi connectivity index (χ2n) is 6.63. The van der Waals surface area contributed by atoms with Crippen molar-refractivity contribution in [2.24, 2.45) is 10.1 Å². The second kappa shape index (κ2) is 7.95. The summed E-state index contributed by atoms with van der Waals surface area (Å²) in [6, 6.07) is 12.7. The maximum atomic E-state index is 12.3. The number of aliphatic imine (C=N–C) groups is 1. The molecule has 0 atom stereocenters. The van der Waals surface area contributed by atoms with E-state index in [1.54, 1.807) is 12.3 Å².